The molecule has 0 spiro atoms. The van der Waals surface area contributed by atoms with Crippen molar-refractivity contribution in [3.63, 3.8) is 0 Å². The fourth-order valence-corrected chi connectivity index (χ4v) is 6.27. The molecule has 6 rings (SSSR count). The van der Waals surface area contributed by atoms with Gasteiger partial charge < -0.3 is 25.1 Å². The van der Waals surface area contributed by atoms with Gasteiger partial charge in [0.15, 0.2) is 0 Å². The number of aromatic nitrogens is 3. The van der Waals surface area contributed by atoms with Gasteiger partial charge in [-0.15, -0.1) is 11.3 Å². The number of urea groups is 1. The van der Waals surface area contributed by atoms with Crippen LogP contribution in [0.3, 0.4) is 0 Å². The van der Waals surface area contributed by atoms with E-state index in [2.05, 4.69) is 25.2 Å². The highest BCUT2D eigenvalue weighted by molar-refractivity contribution is 7.11. The molecule has 0 unspecified atom stereocenters. The Kier molecular flexibility index (Phi) is 5.71. The minimum Gasteiger partial charge on any atom is -0.508 e. The van der Waals surface area contributed by atoms with E-state index in [1.807, 2.05) is 11.8 Å². The number of aryl methyl sites for hydroxylation is 1. The lowest BCUT2D eigenvalue weighted by atomic mass is 10.0. The van der Waals surface area contributed by atoms with E-state index in [0.717, 1.165) is 58.6 Å². The van der Waals surface area contributed by atoms with Crippen molar-refractivity contribution < 1.29 is 14.7 Å². The molecule has 11 heteroatoms. The maximum absolute atomic E-state index is 13.1. The molecule has 2 N–H and O–H groups in total. The topological polar surface area (TPSA) is 115 Å². The van der Waals surface area contributed by atoms with Crippen LogP contribution in [0, 0.1) is 6.92 Å². The van der Waals surface area contributed by atoms with Gasteiger partial charge in [0.1, 0.15) is 23.6 Å². The summed E-state index contributed by atoms with van der Waals surface area (Å²) in [5, 5.41) is 13.8. The van der Waals surface area contributed by atoms with Crippen molar-refractivity contribution in [1.29, 1.82) is 0 Å². The molecule has 3 aliphatic heterocycles. The Morgan fingerprint density at radius 2 is 1.97 bits per heavy atom. The summed E-state index contributed by atoms with van der Waals surface area (Å²) in [6.07, 6.45) is 3.76. The number of amides is 3. The van der Waals surface area contributed by atoms with E-state index in [4.69, 9.17) is 0 Å². The lowest BCUT2D eigenvalue weighted by molar-refractivity contribution is 0.0744. The van der Waals surface area contributed by atoms with Gasteiger partial charge in [0.05, 0.1) is 23.8 Å². The fourth-order valence-electron chi connectivity index (χ4n) is 5.31. The van der Waals surface area contributed by atoms with E-state index >= 15 is 0 Å². The van der Waals surface area contributed by atoms with E-state index < -0.39 is 0 Å². The molecule has 2 aromatic heterocycles. The first kappa shape index (κ1) is 22.7. The lowest BCUT2D eigenvalue weighted by Crippen LogP contribution is -2.49. The zero-order valence-electron chi connectivity index (χ0n) is 20.0. The summed E-state index contributed by atoms with van der Waals surface area (Å²) in [6, 6.07) is 6.85. The van der Waals surface area contributed by atoms with E-state index in [0.29, 0.717) is 31.7 Å². The molecule has 0 bridgehead atoms. The van der Waals surface area contributed by atoms with Crippen LogP contribution >= 0.6 is 11.3 Å². The van der Waals surface area contributed by atoms with Gasteiger partial charge >= 0.3 is 6.03 Å². The maximum atomic E-state index is 13.1. The van der Waals surface area contributed by atoms with E-state index in [1.54, 1.807) is 40.5 Å². The number of rotatable bonds is 3. The summed E-state index contributed by atoms with van der Waals surface area (Å²) in [4.78, 5) is 46.2. The van der Waals surface area contributed by atoms with E-state index in [9.17, 15) is 14.7 Å². The summed E-state index contributed by atoms with van der Waals surface area (Å²) in [5.41, 5.74) is 3.08. The number of anilines is 2. The number of fused-ring (bicyclic) bond motifs is 2. The first-order valence-electron chi connectivity index (χ1n) is 12.2. The van der Waals surface area contributed by atoms with Crippen molar-refractivity contribution in [2.24, 2.45) is 0 Å². The van der Waals surface area contributed by atoms with Crippen LogP contribution in [0.25, 0.3) is 0 Å². The normalized spacial score (nSPS) is 18.0. The predicted octanol–water partition coefficient (Wildman–Crippen LogP) is 3.16. The quantitative estimate of drug-likeness (QED) is 0.526. The number of aromatic hydroxyl groups is 1. The summed E-state index contributed by atoms with van der Waals surface area (Å²) in [6.45, 7) is 5.15. The number of thiazole rings is 1. The second-order valence-corrected chi connectivity index (χ2v) is 10.7. The van der Waals surface area contributed by atoms with Crippen molar-refractivity contribution >= 4 is 34.8 Å². The van der Waals surface area contributed by atoms with Crippen LogP contribution in [0.4, 0.5) is 16.3 Å². The number of hydrogen-bond donors (Lipinski definition) is 2. The molecule has 10 nitrogen and oxygen atoms in total. The van der Waals surface area contributed by atoms with E-state index in [1.165, 1.54) is 6.33 Å². The molecule has 36 heavy (non-hydrogen) atoms. The maximum Gasteiger partial charge on any atom is 0.322 e. The summed E-state index contributed by atoms with van der Waals surface area (Å²) in [7, 11) is 0. The van der Waals surface area contributed by atoms with Crippen LogP contribution in [0.1, 0.15) is 44.5 Å². The number of carbonyl (C=O) groups excluding carboxylic acids is 2. The summed E-state index contributed by atoms with van der Waals surface area (Å²) in [5.74, 6) is 0.834. The third kappa shape index (κ3) is 4.23. The Bertz CT molecular complexity index is 1310. The molecule has 5 heterocycles. The highest BCUT2D eigenvalue weighted by Crippen LogP contribution is 2.30. The number of hydrogen-bond acceptors (Lipinski definition) is 8. The SMILES string of the molecule is Cc1nc2c(s1)CN(C(=O)c1cc(N3CCC(N4CCc5cc(O)ccc5NC4=O)CC3)ncn1)C2. The average Bonchev–Trinajstić information content (AvgIpc) is 3.38. The molecule has 1 fully saturated rings. The average molecular weight is 506 g/mol. The van der Waals surface area contributed by atoms with Crippen molar-refractivity contribution in [3.8, 4) is 5.75 Å². The van der Waals surface area contributed by atoms with Crippen LogP contribution < -0.4 is 10.2 Å². The second-order valence-electron chi connectivity index (χ2n) is 9.46. The van der Waals surface area contributed by atoms with Crippen LogP contribution in [-0.2, 0) is 19.5 Å². The van der Waals surface area contributed by atoms with E-state index in [-0.39, 0.29) is 23.7 Å². The highest BCUT2D eigenvalue weighted by atomic mass is 32.1. The Morgan fingerprint density at radius 3 is 2.78 bits per heavy atom. The molecular formula is C25H27N7O3S. The Morgan fingerprint density at radius 1 is 1.14 bits per heavy atom. The molecule has 1 aromatic carbocycles. The first-order chi connectivity index (χ1) is 17.4. The largest absolute Gasteiger partial charge is 0.508 e. The fraction of sp³-hybridized carbons (Fsp3) is 0.400. The third-order valence-electron chi connectivity index (χ3n) is 7.16. The summed E-state index contributed by atoms with van der Waals surface area (Å²) < 4.78 is 0. The van der Waals surface area contributed by atoms with Crippen LogP contribution in [0.5, 0.6) is 5.75 Å². The molecule has 3 amide bonds. The second kappa shape index (κ2) is 9.05. The van der Waals surface area contributed by atoms with Crippen molar-refractivity contribution in [3.05, 3.63) is 57.4 Å². The molecule has 186 valence electrons. The molecule has 3 aliphatic rings. The van der Waals surface area contributed by atoms with Gasteiger partial charge in [0, 0.05) is 42.3 Å². The predicted molar refractivity (Wildman–Crippen MR) is 135 cm³/mol. The third-order valence-corrected chi connectivity index (χ3v) is 8.16. The number of nitrogens with zero attached hydrogens (tertiary/aromatic N) is 6. The van der Waals surface area contributed by atoms with Gasteiger partial charge in [-0.3, -0.25) is 4.79 Å². The Labute approximate surface area is 212 Å². The Hall–Kier alpha value is -3.73. The molecule has 0 aliphatic carbocycles. The van der Waals surface area contributed by atoms with Crippen molar-refractivity contribution in [2.45, 2.75) is 45.3 Å². The van der Waals surface area contributed by atoms with Crippen LogP contribution in [0.2, 0.25) is 0 Å². The van der Waals surface area contributed by atoms with Gasteiger partial charge in [-0.25, -0.2) is 19.7 Å². The zero-order valence-corrected chi connectivity index (χ0v) is 20.8. The number of carbonyl (C=O) groups is 2. The number of benzene rings is 1. The zero-order chi connectivity index (χ0) is 24.8. The van der Waals surface area contributed by atoms with Crippen LogP contribution in [-0.4, -0.2) is 67.5 Å². The minimum absolute atomic E-state index is 0.100. The van der Waals surface area contributed by atoms with Crippen molar-refractivity contribution in [2.75, 3.05) is 29.9 Å². The molecule has 0 radical (unpaired) electrons. The van der Waals surface area contributed by atoms with Crippen LogP contribution in [0.15, 0.2) is 30.6 Å². The molecule has 0 atom stereocenters. The smallest absolute Gasteiger partial charge is 0.322 e. The van der Waals surface area contributed by atoms with Gasteiger partial charge in [0.25, 0.3) is 5.91 Å². The van der Waals surface area contributed by atoms with Crippen molar-refractivity contribution in [1.82, 2.24) is 24.8 Å². The van der Waals surface area contributed by atoms with Gasteiger partial charge in [-0.2, -0.15) is 0 Å². The monoisotopic (exact) mass is 505 g/mol. The summed E-state index contributed by atoms with van der Waals surface area (Å²) >= 11 is 1.64. The van der Waals surface area contributed by atoms with Gasteiger partial charge in [0.2, 0.25) is 0 Å². The number of nitrogens with one attached hydrogen (secondary N) is 1. The molecule has 0 saturated carbocycles. The standard InChI is InChI=1S/C25H27N7O3S/c1-15-28-21-12-31(13-22(21)36-15)24(34)20-11-23(27-14-26-20)30-7-5-17(6-8-30)32-9-4-16-10-18(33)2-3-19(16)29-25(32)35/h2-3,10-11,14,17,33H,4-9,12-13H2,1H3,(H,29,35). The number of phenols is 1. The minimum atomic E-state index is -0.108. The highest BCUT2D eigenvalue weighted by Gasteiger charge is 2.32. The van der Waals surface area contributed by atoms with Gasteiger partial charge in [-0.05, 0) is 49.9 Å². The Balaban J connectivity index is 1.09. The molecular weight excluding hydrogens is 478 g/mol. The first-order valence-corrected chi connectivity index (χ1v) is 13.0. The number of phenolic OH excluding ortho intramolecular Hbond substituents is 1. The van der Waals surface area contributed by atoms with Gasteiger partial charge in [-0.1, -0.05) is 0 Å². The molecule has 1 saturated heterocycles. The lowest BCUT2D eigenvalue weighted by Gasteiger charge is -2.38. The molecule has 3 aromatic rings. The number of piperidine rings is 1.